The van der Waals surface area contributed by atoms with Gasteiger partial charge in [0.15, 0.2) is 0 Å². The van der Waals surface area contributed by atoms with Gasteiger partial charge in [-0.3, -0.25) is 9.48 Å². The molecule has 0 aliphatic rings. The number of amides is 1. The summed E-state index contributed by atoms with van der Waals surface area (Å²) in [6, 6.07) is 0. The predicted octanol–water partition coefficient (Wildman–Crippen LogP) is 0.731. The van der Waals surface area contributed by atoms with Gasteiger partial charge in [0.25, 0.3) is 0 Å². The second-order valence-electron chi connectivity index (χ2n) is 4.92. The van der Waals surface area contributed by atoms with E-state index in [9.17, 15) is 14.7 Å². The molecule has 0 fully saturated rings. The van der Waals surface area contributed by atoms with Gasteiger partial charge in [-0.1, -0.05) is 6.92 Å². The minimum Gasteiger partial charge on any atom is -0.477 e. The van der Waals surface area contributed by atoms with Gasteiger partial charge in [-0.25, -0.2) is 4.79 Å². The average Bonchev–Trinajstić information content (AvgIpc) is 2.63. The summed E-state index contributed by atoms with van der Waals surface area (Å²) in [6.45, 7) is 4.38. The highest BCUT2D eigenvalue weighted by atomic mass is 16.4. The lowest BCUT2D eigenvalue weighted by Crippen LogP contribution is -2.38. The molecule has 0 aliphatic carbocycles. The zero-order chi connectivity index (χ0) is 15.4. The third-order valence-corrected chi connectivity index (χ3v) is 3.02. The summed E-state index contributed by atoms with van der Waals surface area (Å²) in [7, 11) is 5.05. The van der Waals surface area contributed by atoms with Crippen LogP contribution in [0.2, 0.25) is 0 Å². The van der Waals surface area contributed by atoms with E-state index in [0.29, 0.717) is 18.1 Å². The summed E-state index contributed by atoms with van der Waals surface area (Å²) < 4.78 is 1.53. The molecular weight excluding hydrogens is 260 g/mol. The van der Waals surface area contributed by atoms with Crippen LogP contribution in [0.25, 0.3) is 0 Å². The van der Waals surface area contributed by atoms with E-state index in [1.165, 1.54) is 9.58 Å². The molecule has 0 unspecified atom stereocenters. The lowest BCUT2D eigenvalue weighted by molar-refractivity contribution is -0.127. The Hall–Kier alpha value is -2.05. The number of anilines is 1. The highest BCUT2D eigenvalue weighted by molar-refractivity contribution is 5.95. The molecule has 7 heteroatoms. The van der Waals surface area contributed by atoms with Gasteiger partial charge in [0, 0.05) is 27.7 Å². The van der Waals surface area contributed by atoms with E-state index in [2.05, 4.69) is 5.10 Å². The van der Waals surface area contributed by atoms with Crippen LogP contribution in [0.4, 0.5) is 5.82 Å². The van der Waals surface area contributed by atoms with Gasteiger partial charge in [0.05, 0.1) is 12.2 Å². The first-order chi connectivity index (χ1) is 9.29. The zero-order valence-corrected chi connectivity index (χ0v) is 12.7. The maximum absolute atomic E-state index is 11.9. The molecule has 0 aliphatic heterocycles. The second kappa shape index (κ2) is 6.40. The normalized spacial score (nSPS) is 10.4. The van der Waals surface area contributed by atoms with Gasteiger partial charge < -0.3 is 14.9 Å². The van der Waals surface area contributed by atoms with Crippen molar-refractivity contribution in [2.45, 2.75) is 20.3 Å². The summed E-state index contributed by atoms with van der Waals surface area (Å²) in [6.07, 6.45) is 0.810. The van der Waals surface area contributed by atoms with Gasteiger partial charge in [0.1, 0.15) is 11.4 Å². The molecule has 1 amide bonds. The van der Waals surface area contributed by atoms with E-state index >= 15 is 0 Å². The molecule has 20 heavy (non-hydrogen) atoms. The number of aryl methyl sites for hydroxylation is 2. The van der Waals surface area contributed by atoms with Gasteiger partial charge >= 0.3 is 5.97 Å². The molecular formula is C13H22N4O3. The highest BCUT2D eigenvalue weighted by Crippen LogP contribution is 2.23. The molecule has 0 spiro atoms. The summed E-state index contributed by atoms with van der Waals surface area (Å²) in [4.78, 5) is 26.6. The monoisotopic (exact) mass is 282 g/mol. The molecule has 0 saturated carbocycles. The lowest BCUT2D eigenvalue weighted by atomic mass is 10.2. The van der Waals surface area contributed by atoms with Gasteiger partial charge in [-0.05, 0) is 13.3 Å². The van der Waals surface area contributed by atoms with Crippen molar-refractivity contribution in [3.63, 3.8) is 0 Å². The second-order valence-corrected chi connectivity index (χ2v) is 4.92. The summed E-state index contributed by atoms with van der Waals surface area (Å²) in [5.74, 6) is -0.621. The molecule has 7 nitrogen and oxygen atoms in total. The van der Waals surface area contributed by atoms with Crippen molar-refractivity contribution < 1.29 is 14.7 Å². The van der Waals surface area contributed by atoms with Crippen molar-refractivity contribution in [2.24, 2.45) is 7.05 Å². The lowest BCUT2D eigenvalue weighted by Gasteiger charge is -2.25. The smallest absolute Gasteiger partial charge is 0.341 e. The topological polar surface area (TPSA) is 78.7 Å². The number of rotatable bonds is 6. The Kier molecular flexibility index (Phi) is 5.12. The quantitative estimate of drug-likeness (QED) is 0.832. The Labute approximate surface area is 118 Å². The average molecular weight is 282 g/mol. The Morgan fingerprint density at radius 2 is 1.95 bits per heavy atom. The fourth-order valence-electron chi connectivity index (χ4n) is 2.09. The number of hydrogen-bond acceptors (Lipinski definition) is 4. The van der Waals surface area contributed by atoms with Crippen LogP contribution in [0.3, 0.4) is 0 Å². The van der Waals surface area contributed by atoms with E-state index in [0.717, 1.165) is 6.42 Å². The van der Waals surface area contributed by atoms with Crippen LogP contribution < -0.4 is 4.90 Å². The number of carbonyl (C=O) groups excluding carboxylic acids is 1. The van der Waals surface area contributed by atoms with E-state index in [1.54, 1.807) is 33.0 Å². The first-order valence-corrected chi connectivity index (χ1v) is 6.51. The van der Waals surface area contributed by atoms with E-state index in [1.807, 2.05) is 6.92 Å². The molecule has 112 valence electrons. The number of aromatic nitrogens is 2. The number of aromatic carboxylic acids is 1. The SMILES string of the molecule is CCCN(CC(=O)N(C)C)c1c(C(=O)O)c(C)nn1C. The maximum Gasteiger partial charge on any atom is 0.341 e. The number of carboxylic acid groups (broad SMARTS) is 1. The van der Waals surface area contributed by atoms with Gasteiger partial charge in [-0.2, -0.15) is 5.10 Å². The minimum atomic E-state index is -1.02. The predicted molar refractivity (Wildman–Crippen MR) is 76.1 cm³/mol. The van der Waals surface area contributed by atoms with Crippen LogP contribution in [-0.2, 0) is 11.8 Å². The summed E-state index contributed by atoms with van der Waals surface area (Å²) in [5.41, 5.74) is 0.612. The van der Waals surface area contributed by atoms with E-state index < -0.39 is 5.97 Å². The Morgan fingerprint density at radius 1 is 1.35 bits per heavy atom. The Bertz CT molecular complexity index is 508. The third-order valence-electron chi connectivity index (χ3n) is 3.02. The first-order valence-electron chi connectivity index (χ1n) is 6.51. The molecule has 0 bridgehead atoms. The van der Waals surface area contributed by atoms with Crippen molar-refractivity contribution in [1.29, 1.82) is 0 Å². The molecule has 1 aromatic heterocycles. The molecule has 0 aromatic carbocycles. The highest BCUT2D eigenvalue weighted by Gasteiger charge is 2.25. The van der Waals surface area contributed by atoms with E-state index in [4.69, 9.17) is 0 Å². The van der Waals surface area contributed by atoms with Gasteiger partial charge in [-0.15, -0.1) is 0 Å². The van der Waals surface area contributed by atoms with Crippen molar-refractivity contribution in [1.82, 2.24) is 14.7 Å². The molecule has 1 rings (SSSR count). The first kappa shape index (κ1) is 16.0. The fraction of sp³-hybridized carbons (Fsp3) is 0.615. The van der Waals surface area contributed by atoms with Crippen LogP contribution in [-0.4, -0.2) is 58.8 Å². The van der Waals surface area contributed by atoms with Crippen LogP contribution in [0.1, 0.15) is 29.4 Å². The molecule has 1 heterocycles. The van der Waals surface area contributed by atoms with Crippen molar-refractivity contribution >= 4 is 17.7 Å². The Morgan fingerprint density at radius 3 is 2.40 bits per heavy atom. The van der Waals surface area contributed by atoms with Crippen molar-refractivity contribution in [3.05, 3.63) is 11.3 Å². The summed E-state index contributed by atoms with van der Waals surface area (Å²) >= 11 is 0. The fourth-order valence-corrected chi connectivity index (χ4v) is 2.09. The molecule has 0 atom stereocenters. The van der Waals surface area contributed by atoms with Crippen LogP contribution >= 0.6 is 0 Å². The van der Waals surface area contributed by atoms with Crippen molar-refractivity contribution in [3.8, 4) is 0 Å². The Balaban J connectivity index is 3.21. The number of carbonyl (C=O) groups is 2. The zero-order valence-electron chi connectivity index (χ0n) is 12.7. The molecule has 1 aromatic rings. The minimum absolute atomic E-state index is 0.0753. The molecule has 0 radical (unpaired) electrons. The maximum atomic E-state index is 11.9. The summed E-state index contributed by atoms with van der Waals surface area (Å²) in [5, 5.41) is 13.5. The third kappa shape index (κ3) is 3.28. The number of nitrogens with zero attached hydrogens (tertiary/aromatic N) is 4. The van der Waals surface area contributed by atoms with Crippen LogP contribution in [0.15, 0.2) is 0 Å². The van der Waals surface area contributed by atoms with E-state index in [-0.39, 0.29) is 18.0 Å². The number of hydrogen-bond donors (Lipinski definition) is 1. The van der Waals surface area contributed by atoms with Crippen LogP contribution in [0, 0.1) is 6.92 Å². The molecule has 0 saturated heterocycles. The number of carboxylic acids is 1. The van der Waals surface area contributed by atoms with Crippen molar-refractivity contribution in [2.75, 3.05) is 32.1 Å². The van der Waals surface area contributed by atoms with Gasteiger partial charge in [0.2, 0.25) is 5.91 Å². The standard InChI is InChI=1S/C13H22N4O3/c1-6-7-17(8-10(18)15(3)4)12-11(13(19)20)9(2)14-16(12)5/h6-8H2,1-5H3,(H,19,20). The largest absolute Gasteiger partial charge is 0.477 e. The number of likely N-dealkylation sites (N-methyl/N-ethyl adjacent to an activating group) is 1. The van der Waals surface area contributed by atoms with Crippen LogP contribution in [0.5, 0.6) is 0 Å². The molecule has 1 N–H and O–H groups in total.